The minimum Gasteiger partial charge on any atom is -0.465 e. The monoisotopic (exact) mass is 366 g/mol. The van der Waals surface area contributed by atoms with Crippen molar-refractivity contribution in [3.63, 3.8) is 0 Å². The number of carbonyl (C=O) groups is 1. The number of hydrogen-bond acceptors (Lipinski definition) is 6. The first kappa shape index (κ1) is 16.0. The van der Waals surface area contributed by atoms with Crippen molar-refractivity contribution in [2.24, 2.45) is 0 Å². The summed E-state index contributed by atoms with van der Waals surface area (Å²) in [5, 5.41) is 0.266. The summed E-state index contributed by atoms with van der Waals surface area (Å²) in [6, 6.07) is 4.13. The predicted octanol–water partition coefficient (Wildman–Crippen LogP) is 3.04. The fraction of sp³-hybridized carbons (Fsp3) is 0.0909. The van der Waals surface area contributed by atoms with E-state index >= 15 is 0 Å². The van der Waals surface area contributed by atoms with Crippen molar-refractivity contribution < 1.29 is 17.9 Å². The minimum absolute atomic E-state index is 0.0128. The van der Waals surface area contributed by atoms with Gasteiger partial charge in [-0.3, -0.25) is 4.72 Å². The van der Waals surface area contributed by atoms with Crippen LogP contribution in [0.2, 0.25) is 9.49 Å². The number of nitrogens with zero attached hydrogens (tertiary/aromatic N) is 1. The van der Waals surface area contributed by atoms with Crippen LogP contribution in [0, 0.1) is 0 Å². The molecule has 0 aliphatic heterocycles. The number of anilines is 1. The third kappa shape index (κ3) is 3.65. The van der Waals surface area contributed by atoms with Gasteiger partial charge in [-0.25, -0.2) is 18.2 Å². The number of nitrogens with one attached hydrogen (secondary N) is 1. The molecule has 2 aromatic rings. The summed E-state index contributed by atoms with van der Waals surface area (Å²) in [6.45, 7) is 0. The molecule has 0 spiro atoms. The van der Waals surface area contributed by atoms with Gasteiger partial charge in [0.2, 0.25) is 0 Å². The zero-order valence-electron chi connectivity index (χ0n) is 10.5. The molecule has 10 heteroatoms. The number of methoxy groups -OCH3 is 1. The summed E-state index contributed by atoms with van der Waals surface area (Å²) in [7, 11) is -2.73. The second-order valence-electron chi connectivity index (χ2n) is 3.72. The van der Waals surface area contributed by atoms with E-state index in [0.717, 1.165) is 17.5 Å². The van der Waals surface area contributed by atoms with E-state index in [-0.39, 0.29) is 24.9 Å². The molecule has 2 rings (SSSR count). The summed E-state index contributed by atoms with van der Waals surface area (Å²) in [5.41, 5.74) is 0.0555. The van der Waals surface area contributed by atoms with Crippen molar-refractivity contribution in [1.29, 1.82) is 0 Å². The number of aromatic nitrogens is 1. The van der Waals surface area contributed by atoms with Crippen molar-refractivity contribution in [1.82, 2.24) is 4.98 Å². The predicted molar refractivity (Wildman–Crippen MR) is 80.7 cm³/mol. The lowest BCUT2D eigenvalue weighted by Crippen LogP contribution is -2.15. The van der Waals surface area contributed by atoms with Gasteiger partial charge < -0.3 is 4.74 Å². The molecule has 0 aliphatic carbocycles. The number of halogens is 2. The molecule has 0 unspecified atom stereocenters. The third-order valence-corrected chi connectivity index (χ3v) is 5.53. The third-order valence-electron chi connectivity index (χ3n) is 2.35. The molecule has 0 saturated carbocycles. The first-order valence-corrected chi connectivity index (χ1v) is 8.41. The van der Waals surface area contributed by atoms with Crippen LogP contribution in [0.3, 0.4) is 0 Å². The number of sulfonamides is 1. The quantitative estimate of drug-likeness (QED) is 0.840. The van der Waals surface area contributed by atoms with Crippen LogP contribution in [0.5, 0.6) is 0 Å². The largest absolute Gasteiger partial charge is 0.465 e. The van der Waals surface area contributed by atoms with E-state index in [0.29, 0.717) is 0 Å². The fourth-order valence-corrected chi connectivity index (χ4v) is 3.98. The molecular formula is C11H8Cl2N2O4S2. The van der Waals surface area contributed by atoms with Crippen LogP contribution in [-0.2, 0) is 14.8 Å². The van der Waals surface area contributed by atoms with Gasteiger partial charge in [-0.05, 0) is 18.2 Å². The maximum Gasteiger partial charge on any atom is 0.339 e. The highest BCUT2D eigenvalue weighted by molar-refractivity contribution is 7.94. The molecule has 21 heavy (non-hydrogen) atoms. The lowest BCUT2D eigenvalue weighted by molar-refractivity contribution is 0.0602. The van der Waals surface area contributed by atoms with Crippen molar-refractivity contribution >= 4 is 56.2 Å². The van der Waals surface area contributed by atoms with E-state index in [1.165, 1.54) is 25.3 Å². The van der Waals surface area contributed by atoms with Gasteiger partial charge in [-0.2, -0.15) is 0 Å². The molecule has 0 bridgehead atoms. The van der Waals surface area contributed by atoms with Gasteiger partial charge in [-0.15, -0.1) is 0 Å². The second kappa shape index (κ2) is 6.18. The summed E-state index contributed by atoms with van der Waals surface area (Å²) in [5.74, 6) is -0.688. The molecule has 0 fully saturated rings. The number of thiazole rings is 1. The summed E-state index contributed by atoms with van der Waals surface area (Å²) in [4.78, 5) is 15.3. The Labute approximate surface area is 134 Å². The Morgan fingerprint density at radius 2 is 2.10 bits per heavy atom. The summed E-state index contributed by atoms with van der Waals surface area (Å²) in [6.07, 6.45) is 1.12. The molecule has 0 aliphatic rings. The maximum absolute atomic E-state index is 12.2. The van der Waals surface area contributed by atoms with Gasteiger partial charge >= 0.3 is 5.97 Å². The number of ether oxygens (including phenoxy) is 1. The van der Waals surface area contributed by atoms with E-state index in [1.807, 2.05) is 0 Å². The maximum atomic E-state index is 12.2. The number of hydrogen-bond donors (Lipinski definition) is 1. The van der Waals surface area contributed by atoms with Gasteiger partial charge in [0.15, 0.2) is 8.68 Å². The molecule has 1 aromatic heterocycles. The standard InChI is InChI=1S/C11H8Cl2N2O4S2/c1-19-10(16)7-3-2-6(12)4-8(7)15-21(17,18)9-5-14-11(13)20-9/h2-5,15H,1H3. The molecule has 0 radical (unpaired) electrons. The average Bonchev–Trinajstić information content (AvgIpc) is 2.85. The Morgan fingerprint density at radius 3 is 2.67 bits per heavy atom. The van der Waals surface area contributed by atoms with Crippen molar-refractivity contribution in [3.8, 4) is 0 Å². The van der Waals surface area contributed by atoms with E-state index in [4.69, 9.17) is 23.2 Å². The van der Waals surface area contributed by atoms with Gasteiger partial charge in [-0.1, -0.05) is 34.5 Å². The molecule has 1 aromatic carbocycles. The van der Waals surface area contributed by atoms with Crippen LogP contribution >= 0.6 is 34.5 Å². The average molecular weight is 367 g/mol. The Balaban J connectivity index is 2.43. The Kier molecular flexibility index (Phi) is 4.72. The van der Waals surface area contributed by atoms with E-state index < -0.39 is 16.0 Å². The smallest absolute Gasteiger partial charge is 0.339 e. The van der Waals surface area contributed by atoms with E-state index in [9.17, 15) is 13.2 Å². The highest BCUT2D eigenvalue weighted by atomic mass is 35.5. The van der Waals surface area contributed by atoms with Gasteiger partial charge in [0, 0.05) is 5.02 Å². The van der Waals surface area contributed by atoms with Gasteiger partial charge in [0.1, 0.15) is 0 Å². The lowest BCUT2D eigenvalue weighted by Gasteiger charge is -2.10. The summed E-state index contributed by atoms with van der Waals surface area (Å²) < 4.78 is 31.3. The first-order valence-electron chi connectivity index (χ1n) is 5.35. The lowest BCUT2D eigenvalue weighted by atomic mass is 10.2. The normalized spacial score (nSPS) is 11.2. The number of benzene rings is 1. The zero-order chi connectivity index (χ0) is 15.6. The van der Waals surface area contributed by atoms with Crippen LogP contribution in [0.15, 0.2) is 28.6 Å². The molecule has 6 nitrogen and oxygen atoms in total. The molecular weight excluding hydrogens is 359 g/mol. The Morgan fingerprint density at radius 1 is 1.38 bits per heavy atom. The van der Waals surface area contributed by atoms with Crippen LogP contribution < -0.4 is 4.72 Å². The molecule has 1 heterocycles. The SMILES string of the molecule is COC(=O)c1ccc(Cl)cc1NS(=O)(=O)c1cnc(Cl)s1. The van der Waals surface area contributed by atoms with E-state index in [1.54, 1.807) is 0 Å². The topological polar surface area (TPSA) is 85.4 Å². The molecule has 0 saturated heterocycles. The van der Waals surface area contributed by atoms with Gasteiger partial charge in [0.05, 0.1) is 24.6 Å². The Hall–Kier alpha value is -1.35. The molecule has 0 amide bonds. The molecule has 1 N–H and O–H groups in total. The fourth-order valence-electron chi connectivity index (χ4n) is 1.45. The first-order chi connectivity index (χ1) is 9.83. The van der Waals surface area contributed by atoms with Crippen molar-refractivity contribution in [2.45, 2.75) is 4.21 Å². The number of carbonyl (C=O) groups excluding carboxylic acids is 1. The van der Waals surface area contributed by atoms with Gasteiger partial charge in [0.25, 0.3) is 10.0 Å². The van der Waals surface area contributed by atoms with Crippen LogP contribution in [-0.4, -0.2) is 26.5 Å². The number of esters is 1. The summed E-state index contributed by atoms with van der Waals surface area (Å²) >= 11 is 12.2. The van der Waals surface area contributed by atoms with Crippen molar-refractivity contribution in [3.05, 3.63) is 39.4 Å². The minimum atomic E-state index is -3.92. The zero-order valence-corrected chi connectivity index (χ0v) is 13.6. The number of rotatable bonds is 4. The van der Waals surface area contributed by atoms with Crippen LogP contribution in [0.4, 0.5) is 5.69 Å². The Bertz CT molecular complexity index is 789. The van der Waals surface area contributed by atoms with Crippen molar-refractivity contribution in [2.75, 3.05) is 11.8 Å². The van der Waals surface area contributed by atoms with Crippen LogP contribution in [0.25, 0.3) is 0 Å². The highest BCUT2D eigenvalue weighted by Crippen LogP contribution is 2.28. The highest BCUT2D eigenvalue weighted by Gasteiger charge is 2.21. The molecule has 0 atom stereocenters. The second-order valence-corrected chi connectivity index (χ2v) is 7.68. The van der Waals surface area contributed by atoms with Crippen LogP contribution in [0.1, 0.15) is 10.4 Å². The molecule has 112 valence electrons. The van der Waals surface area contributed by atoms with E-state index in [2.05, 4.69) is 14.4 Å².